The van der Waals surface area contributed by atoms with E-state index in [1.54, 1.807) is 50.6 Å². The maximum atomic E-state index is 13.6. The van der Waals surface area contributed by atoms with Gasteiger partial charge in [0, 0.05) is 11.6 Å². The Hall–Kier alpha value is -4.15. The Morgan fingerprint density at radius 1 is 1.03 bits per heavy atom. The molecule has 0 unspecified atom stereocenters. The molecule has 202 valence electrons. The van der Waals surface area contributed by atoms with Crippen LogP contribution in [0.1, 0.15) is 39.0 Å². The molecule has 38 heavy (non-hydrogen) atoms. The number of rotatable bonds is 11. The number of hydrogen-bond donors (Lipinski definition) is 1. The summed E-state index contributed by atoms with van der Waals surface area (Å²) < 4.78 is 16.4. The zero-order chi connectivity index (χ0) is 26.9. The van der Waals surface area contributed by atoms with Gasteiger partial charge in [0.1, 0.15) is 18.8 Å². The SMILES string of the molecule is CCOc1ccccc1N(CC(=O)NC1CCCCC1)C(=O)Cn1nnc(-c2ccc(OC)c(OC)c2)n1. The number of ether oxygens (including phenoxy) is 3. The molecule has 4 rings (SSSR count). The summed E-state index contributed by atoms with van der Waals surface area (Å²) in [5, 5.41) is 15.6. The number of amides is 2. The number of para-hydroxylation sites is 2. The van der Waals surface area contributed by atoms with Crippen molar-refractivity contribution in [2.75, 3.05) is 32.3 Å². The van der Waals surface area contributed by atoms with Gasteiger partial charge in [-0.3, -0.25) is 14.5 Å². The van der Waals surface area contributed by atoms with Gasteiger partial charge in [0.25, 0.3) is 5.91 Å². The summed E-state index contributed by atoms with van der Waals surface area (Å²) in [5.74, 6) is 1.37. The van der Waals surface area contributed by atoms with Crippen molar-refractivity contribution in [3.63, 3.8) is 0 Å². The number of nitrogens with one attached hydrogen (secondary N) is 1. The number of hydrogen-bond acceptors (Lipinski definition) is 8. The molecule has 0 saturated heterocycles. The molecule has 3 aromatic rings. The second kappa shape index (κ2) is 12.9. The number of benzene rings is 2. The van der Waals surface area contributed by atoms with Gasteiger partial charge in [-0.15, -0.1) is 10.2 Å². The molecule has 1 aliphatic carbocycles. The average molecular weight is 523 g/mol. The summed E-state index contributed by atoms with van der Waals surface area (Å²) in [6.45, 7) is 1.94. The highest BCUT2D eigenvalue weighted by molar-refractivity contribution is 5.99. The van der Waals surface area contributed by atoms with Crippen molar-refractivity contribution in [2.45, 2.75) is 51.6 Å². The predicted molar refractivity (Wildman–Crippen MR) is 141 cm³/mol. The number of anilines is 1. The minimum Gasteiger partial charge on any atom is -0.493 e. The van der Waals surface area contributed by atoms with Crippen LogP contribution in [-0.2, 0) is 16.1 Å². The maximum absolute atomic E-state index is 13.6. The normalized spacial score (nSPS) is 13.6. The molecule has 2 amide bonds. The Morgan fingerprint density at radius 3 is 2.53 bits per heavy atom. The third kappa shape index (κ3) is 6.58. The molecule has 0 bridgehead atoms. The van der Waals surface area contributed by atoms with Gasteiger partial charge < -0.3 is 19.5 Å². The molecule has 0 aliphatic heterocycles. The van der Waals surface area contributed by atoms with E-state index in [0.29, 0.717) is 40.9 Å². The van der Waals surface area contributed by atoms with Crippen molar-refractivity contribution >= 4 is 17.5 Å². The molecule has 1 N–H and O–H groups in total. The van der Waals surface area contributed by atoms with Crippen LogP contribution in [0.25, 0.3) is 11.4 Å². The lowest BCUT2D eigenvalue weighted by atomic mass is 9.95. The van der Waals surface area contributed by atoms with Crippen LogP contribution in [0.15, 0.2) is 42.5 Å². The lowest BCUT2D eigenvalue weighted by Crippen LogP contribution is -2.46. The van der Waals surface area contributed by atoms with Crippen LogP contribution in [0.4, 0.5) is 5.69 Å². The Bertz CT molecular complexity index is 1240. The van der Waals surface area contributed by atoms with Gasteiger partial charge in [0.05, 0.1) is 26.5 Å². The highest BCUT2D eigenvalue weighted by Gasteiger charge is 2.25. The third-order valence-electron chi connectivity index (χ3n) is 6.40. The summed E-state index contributed by atoms with van der Waals surface area (Å²) in [7, 11) is 3.10. The molecule has 2 aromatic carbocycles. The number of carbonyl (C=O) groups is 2. The summed E-state index contributed by atoms with van der Waals surface area (Å²) in [6, 6.07) is 12.6. The van der Waals surface area contributed by atoms with Crippen molar-refractivity contribution < 1.29 is 23.8 Å². The van der Waals surface area contributed by atoms with Crippen molar-refractivity contribution in [3.05, 3.63) is 42.5 Å². The van der Waals surface area contributed by atoms with Crippen LogP contribution < -0.4 is 24.4 Å². The van der Waals surface area contributed by atoms with Crippen LogP contribution in [0, 0.1) is 0 Å². The van der Waals surface area contributed by atoms with E-state index in [4.69, 9.17) is 14.2 Å². The highest BCUT2D eigenvalue weighted by Crippen LogP contribution is 2.31. The van der Waals surface area contributed by atoms with E-state index in [0.717, 1.165) is 25.7 Å². The zero-order valence-electron chi connectivity index (χ0n) is 22.1. The van der Waals surface area contributed by atoms with Gasteiger partial charge in [-0.05, 0) is 55.3 Å². The number of aromatic nitrogens is 4. The largest absolute Gasteiger partial charge is 0.493 e. The standard InChI is InChI=1S/C27H34N6O5/c1-4-38-22-13-9-8-12-21(22)32(17-25(34)28-20-10-6-5-7-11-20)26(35)18-33-30-27(29-31-33)19-14-15-23(36-2)24(16-19)37-3/h8-9,12-16,20H,4-7,10-11,17-18H2,1-3H3,(H,28,34). The van der Waals surface area contributed by atoms with E-state index >= 15 is 0 Å². The fraction of sp³-hybridized carbons (Fsp3) is 0.444. The quantitative estimate of drug-likeness (QED) is 0.408. The lowest BCUT2D eigenvalue weighted by Gasteiger charge is -2.27. The molecule has 0 radical (unpaired) electrons. The van der Waals surface area contributed by atoms with Crippen molar-refractivity contribution in [1.29, 1.82) is 0 Å². The van der Waals surface area contributed by atoms with E-state index in [1.807, 2.05) is 13.0 Å². The molecule has 0 atom stereocenters. The van der Waals surface area contributed by atoms with Crippen molar-refractivity contribution in [3.8, 4) is 28.6 Å². The van der Waals surface area contributed by atoms with E-state index in [-0.39, 0.29) is 30.9 Å². The molecule has 11 nitrogen and oxygen atoms in total. The minimum atomic E-state index is -0.368. The molecule has 1 aliphatic rings. The van der Waals surface area contributed by atoms with E-state index in [2.05, 4.69) is 20.7 Å². The first-order chi connectivity index (χ1) is 18.5. The fourth-order valence-corrected chi connectivity index (χ4v) is 4.54. The van der Waals surface area contributed by atoms with Gasteiger partial charge in [0.15, 0.2) is 11.5 Å². The van der Waals surface area contributed by atoms with E-state index < -0.39 is 0 Å². The Balaban J connectivity index is 1.54. The molecule has 1 aromatic heterocycles. The Labute approximate surface area is 222 Å². The van der Waals surface area contributed by atoms with Crippen molar-refractivity contribution in [2.24, 2.45) is 0 Å². The summed E-state index contributed by atoms with van der Waals surface area (Å²) in [6.07, 6.45) is 5.30. The van der Waals surface area contributed by atoms with Crippen LogP contribution in [-0.4, -0.2) is 65.4 Å². The smallest absolute Gasteiger partial charge is 0.251 e. The maximum Gasteiger partial charge on any atom is 0.251 e. The first-order valence-electron chi connectivity index (χ1n) is 12.8. The van der Waals surface area contributed by atoms with E-state index in [1.165, 1.54) is 16.1 Å². The van der Waals surface area contributed by atoms with Crippen LogP contribution >= 0.6 is 0 Å². The molecule has 1 heterocycles. The predicted octanol–water partition coefficient (Wildman–Crippen LogP) is 3.24. The zero-order valence-corrected chi connectivity index (χ0v) is 22.1. The van der Waals surface area contributed by atoms with Gasteiger partial charge in [-0.25, -0.2) is 0 Å². The fourth-order valence-electron chi connectivity index (χ4n) is 4.54. The number of carbonyl (C=O) groups excluding carboxylic acids is 2. The number of tetrazole rings is 1. The van der Waals surface area contributed by atoms with Crippen LogP contribution in [0.2, 0.25) is 0 Å². The second-order valence-corrected chi connectivity index (χ2v) is 9.00. The first-order valence-corrected chi connectivity index (χ1v) is 12.8. The average Bonchev–Trinajstić information content (AvgIpc) is 3.41. The third-order valence-corrected chi connectivity index (χ3v) is 6.40. The van der Waals surface area contributed by atoms with Crippen LogP contribution in [0.3, 0.4) is 0 Å². The molecule has 1 saturated carbocycles. The summed E-state index contributed by atoms with van der Waals surface area (Å²) >= 11 is 0. The van der Waals surface area contributed by atoms with Gasteiger partial charge in [0.2, 0.25) is 11.7 Å². The number of nitrogens with zero attached hydrogens (tertiary/aromatic N) is 5. The summed E-state index contributed by atoms with van der Waals surface area (Å²) in [5.41, 5.74) is 1.17. The van der Waals surface area contributed by atoms with Gasteiger partial charge >= 0.3 is 0 Å². The highest BCUT2D eigenvalue weighted by atomic mass is 16.5. The molecule has 0 spiro atoms. The minimum absolute atomic E-state index is 0.136. The molecule has 1 fully saturated rings. The molecule has 11 heteroatoms. The topological polar surface area (TPSA) is 121 Å². The summed E-state index contributed by atoms with van der Waals surface area (Å²) in [4.78, 5) is 29.2. The first kappa shape index (κ1) is 26.9. The molecular formula is C27H34N6O5. The Kier molecular flexibility index (Phi) is 9.12. The number of methoxy groups -OCH3 is 2. The van der Waals surface area contributed by atoms with Crippen molar-refractivity contribution in [1.82, 2.24) is 25.5 Å². The van der Waals surface area contributed by atoms with Gasteiger partial charge in [-0.1, -0.05) is 31.4 Å². The van der Waals surface area contributed by atoms with Crippen LogP contribution in [0.5, 0.6) is 17.2 Å². The lowest BCUT2D eigenvalue weighted by molar-refractivity contribution is -0.124. The second-order valence-electron chi connectivity index (χ2n) is 9.00. The Morgan fingerprint density at radius 2 is 1.79 bits per heavy atom. The van der Waals surface area contributed by atoms with Gasteiger partial charge in [-0.2, -0.15) is 4.80 Å². The van der Waals surface area contributed by atoms with E-state index in [9.17, 15) is 9.59 Å². The monoisotopic (exact) mass is 522 g/mol. The molecular weight excluding hydrogens is 488 g/mol.